The van der Waals surface area contributed by atoms with Crippen molar-refractivity contribution in [3.63, 3.8) is 0 Å². The number of likely N-dealkylation sites (tertiary alicyclic amines) is 1. The molecule has 3 nitrogen and oxygen atoms in total. The van der Waals surface area contributed by atoms with Gasteiger partial charge in [0.05, 0.1) is 5.56 Å². The second kappa shape index (κ2) is 7.63. The van der Waals surface area contributed by atoms with Crippen LogP contribution in [0.15, 0.2) is 60.7 Å². The maximum Gasteiger partial charge on any atom is 0.339 e. The molecule has 0 unspecified atom stereocenters. The summed E-state index contributed by atoms with van der Waals surface area (Å²) in [5, 5.41) is 0. The topological polar surface area (TPSA) is 29.5 Å². The molecule has 1 aliphatic heterocycles. The van der Waals surface area contributed by atoms with Crippen LogP contribution in [0.1, 0.15) is 50.0 Å². The molecule has 0 N–H and O–H groups in total. The van der Waals surface area contributed by atoms with Gasteiger partial charge in [0, 0.05) is 31.0 Å². The average molecular weight is 351 g/mol. The van der Waals surface area contributed by atoms with E-state index < -0.39 is 5.60 Å². The summed E-state index contributed by atoms with van der Waals surface area (Å²) in [6.07, 6.45) is 0.801. The third kappa shape index (κ3) is 3.54. The molecule has 1 heterocycles. The Morgan fingerprint density at radius 3 is 2.19 bits per heavy atom. The van der Waals surface area contributed by atoms with Gasteiger partial charge in [-0.2, -0.15) is 0 Å². The van der Waals surface area contributed by atoms with Crippen LogP contribution in [0.2, 0.25) is 0 Å². The Balaban J connectivity index is 1.97. The molecule has 0 saturated carbocycles. The van der Waals surface area contributed by atoms with Crippen LogP contribution in [0, 0.1) is 5.92 Å². The van der Waals surface area contributed by atoms with E-state index in [1.54, 1.807) is 0 Å². The normalized spacial score (nSPS) is 26.7. The Hall–Kier alpha value is -2.13. The molecule has 26 heavy (non-hydrogen) atoms. The van der Waals surface area contributed by atoms with Gasteiger partial charge in [-0.25, -0.2) is 4.79 Å². The number of carbonyl (C=O) groups is 1. The lowest BCUT2D eigenvalue weighted by atomic mass is 9.73. The first-order valence-corrected chi connectivity index (χ1v) is 9.53. The molecule has 1 aliphatic rings. The summed E-state index contributed by atoms with van der Waals surface area (Å²) < 4.78 is 6.30. The smallest absolute Gasteiger partial charge is 0.339 e. The number of piperidine rings is 1. The molecule has 3 atom stereocenters. The Bertz CT molecular complexity index is 728. The van der Waals surface area contributed by atoms with Gasteiger partial charge in [0.15, 0.2) is 0 Å². The van der Waals surface area contributed by atoms with E-state index in [4.69, 9.17) is 4.74 Å². The van der Waals surface area contributed by atoms with Crippen LogP contribution in [0.5, 0.6) is 0 Å². The van der Waals surface area contributed by atoms with Crippen LogP contribution < -0.4 is 0 Å². The Morgan fingerprint density at radius 1 is 1.04 bits per heavy atom. The van der Waals surface area contributed by atoms with E-state index >= 15 is 0 Å². The minimum absolute atomic E-state index is 0.205. The fraction of sp³-hybridized carbons (Fsp3) is 0.435. The van der Waals surface area contributed by atoms with Crippen LogP contribution >= 0.6 is 0 Å². The van der Waals surface area contributed by atoms with E-state index in [2.05, 4.69) is 44.7 Å². The van der Waals surface area contributed by atoms with Crippen LogP contribution in [0.4, 0.5) is 0 Å². The number of hydrogen-bond donors (Lipinski definition) is 0. The van der Waals surface area contributed by atoms with Gasteiger partial charge in [-0.3, -0.25) is 4.90 Å². The van der Waals surface area contributed by atoms with E-state index in [9.17, 15) is 4.79 Å². The molecule has 2 aromatic carbocycles. The van der Waals surface area contributed by atoms with Gasteiger partial charge >= 0.3 is 5.97 Å². The molecule has 0 amide bonds. The zero-order valence-electron chi connectivity index (χ0n) is 16.2. The number of rotatable bonds is 4. The fourth-order valence-electron chi connectivity index (χ4n) is 4.24. The van der Waals surface area contributed by atoms with Crippen molar-refractivity contribution < 1.29 is 9.53 Å². The summed E-state index contributed by atoms with van der Waals surface area (Å²) in [4.78, 5) is 15.4. The highest BCUT2D eigenvalue weighted by Crippen LogP contribution is 2.44. The van der Waals surface area contributed by atoms with Gasteiger partial charge in [0.2, 0.25) is 0 Å². The van der Waals surface area contributed by atoms with Gasteiger partial charge in [-0.05, 0) is 38.5 Å². The van der Waals surface area contributed by atoms with Gasteiger partial charge in [0.1, 0.15) is 5.60 Å². The molecule has 1 saturated heterocycles. The van der Waals surface area contributed by atoms with Crippen LogP contribution in [0.25, 0.3) is 0 Å². The summed E-state index contributed by atoms with van der Waals surface area (Å²) in [6.45, 7) is 9.81. The highest BCUT2D eigenvalue weighted by atomic mass is 16.6. The van der Waals surface area contributed by atoms with Gasteiger partial charge in [-0.15, -0.1) is 0 Å². The number of esters is 1. The first kappa shape index (κ1) is 18.7. The fourth-order valence-corrected chi connectivity index (χ4v) is 4.24. The largest absolute Gasteiger partial charge is 0.450 e. The lowest BCUT2D eigenvalue weighted by Crippen LogP contribution is -2.56. The van der Waals surface area contributed by atoms with Crippen molar-refractivity contribution in [2.24, 2.45) is 5.92 Å². The number of hydrogen-bond acceptors (Lipinski definition) is 3. The second-order valence-electron chi connectivity index (χ2n) is 7.76. The first-order valence-electron chi connectivity index (χ1n) is 9.53. The molecule has 138 valence electrons. The monoisotopic (exact) mass is 351 g/mol. The lowest BCUT2D eigenvalue weighted by Gasteiger charge is -2.50. The SMILES string of the molecule is CC(C)N1C[C@@H](C)[C@@](OC(=O)c2ccccc2)(c2ccccc2)C[C@@H]1C. The van der Waals surface area contributed by atoms with Crippen molar-refractivity contribution in [1.82, 2.24) is 4.90 Å². The predicted octanol–water partition coefficient (Wildman–Crippen LogP) is 4.88. The van der Waals surface area contributed by atoms with Crippen molar-refractivity contribution in [3.8, 4) is 0 Å². The molecule has 0 aliphatic carbocycles. The van der Waals surface area contributed by atoms with Crippen LogP contribution in [-0.2, 0) is 10.3 Å². The van der Waals surface area contributed by atoms with Crippen molar-refractivity contribution in [3.05, 3.63) is 71.8 Å². The minimum Gasteiger partial charge on any atom is -0.450 e. The second-order valence-corrected chi connectivity index (χ2v) is 7.76. The summed E-state index contributed by atoms with van der Waals surface area (Å²) in [5.74, 6) is -0.0392. The third-order valence-electron chi connectivity index (χ3n) is 5.66. The van der Waals surface area contributed by atoms with Crippen molar-refractivity contribution in [2.45, 2.75) is 51.8 Å². The molecule has 0 bridgehead atoms. The molecule has 0 radical (unpaired) electrons. The summed E-state index contributed by atoms with van der Waals surface area (Å²) in [6, 6.07) is 20.4. The zero-order chi connectivity index (χ0) is 18.7. The molecule has 0 aromatic heterocycles. The van der Waals surface area contributed by atoms with Gasteiger partial charge in [-0.1, -0.05) is 55.5 Å². The van der Waals surface area contributed by atoms with Crippen LogP contribution in [-0.4, -0.2) is 29.5 Å². The first-order chi connectivity index (χ1) is 12.4. The van der Waals surface area contributed by atoms with E-state index in [0.29, 0.717) is 17.6 Å². The van der Waals surface area contributed by atoms with E-state index in [1.807, 2.05) is 48.5 Å². The van der Waals surface area contributed by atoms with E-state index in [1.165, 1.54) is 0 Å². The number of nitrogens with zero attached hydrogens (tertiary/aromatic N) is 1. The lowest BCUT2D eigenvalue weighted by molar-refractivity contribution is -0.109. The van der Waals surface area contributed by atoms with E-state index in [0.717, 1.165) is 18.5 Å². The molecular weight excluding hydrogens is 322 g/mol. The Labute approximate surface area is 157 Å². The molecule has 3 rings (SSSR count). The van der Waals surface area contributed by atoms with Crippen molar-refractivity contribution in [2.75, 3.05) is 6.54 Å². The molecule has 3 heteroatoms. The maximum absolute atomic E-state index is 12.9. The maximum atomic E-state index is 12.9. The molecule has 0 spiro atoms. The average Bonchev–Trinajstić information content (AvgIpc) is 2.65. The number of ether oxygens (including phenoxy) is 1. The number of carbonyl (C=O) groups excluding carboxylic acids is 1. The quantitative estimate of drug-likeness (QED) is 0.736. The van der Waals surface area contributed by atoms with Crippen molar-refractivity contribution in [1.29, 1.82) is 0 Å². The number of benzene rings is 2. The molecule has 1 fully saturated rings. The van der Waals surface area contributed by atoms with E-state index in [-0.39, 0.29) is 11.9 Å². The standard InChI is InChI=1S/C23H29NO2/c1-17(2)24-16-18(3)23(15-19(24)4,21-13-9-6-10-14-21)26-22(25)20-11-7-5-8-12-20/h5-14,17-19H,15-16H2,1-4H3/t18-,19+,23-/m1/s1. The Kier molecular flexibility index (Phi) is 5.47. The van der Waals surface area contributed by atoms with Crippen LogP contribution in [0.3, 0.4) is 0 Å². The third-order valence-corrected chi connectivity index (χ3v) is 5.66. The minimum atomic E-state index is -0.598. The summed E-state index contributed by atoms with van der Waals surface area (Å²) >= 11 is 0. The van der Waals surface area contributed by atoms with Gasteiger partial charge < -0.3 is 4.74 Å². The highest BCUT2D eigenvalue weighted by Gasteiger charge is 2.48. The van der Waals surface area contributed by atoms with Gasteiger partial charge in [0.25, 0.3) is 0 Å². The Morgan fingerprint density at radius 2 is 1.62 bits per heavy atom. The zero-order valence-corrected chi connectivity index (χ0v) is 16.2. The predicted molar refractivity (Wildman–Crippen MR) is 105 cm³/mol. The van der Waals surface area contributed by atoms with Crippen molar-refractivity contribution >= 4 is 5.97 Å². The molecular formula is C23H29NO2. The molecule has 2 aromatic rings. The highest BCUT2D eigenvalue weighted by molar-refractivity contribution is 5.89. The summed E-state index contributed by atoms with van der Waals surface area (Å²) in [5.41, 5.74) is 1.10. The summed E-state index contributed by atoms with van der Waals surface area (Å²) in [7, 11) is 0.